The molecule has 2 heterocycles. The molecule has 5 nitrogen and oxygen atoms in total. The third kappa shape index (κ3) is 3.19. The molecule has 0 radical (unpaired) electrons. The largest absolute Gasteiger partial charge is 0.464 e. The first-order valence-electron chi connectivity index (χ1n) is 6.91. The van der Waals surface area contributed by atoms with E-state index in [9.17, 15) is 9.59 Å². The monoisotopic (exact) mass is 296 g/mol. The van der Waals surface area contributed by atoms with E-state index < -0.39 is 12.1 Å². The van der Waals surface area contributed by atoms with Crippen molar-refractivity contribution in [1.29, 1.82) is 0 Å². The second-order valence-corrected chi connectivity index (χ2v) is 5.77. The molecule has 6 heteroatoms. The first kappa shape index (κ1) is 15.0. The summed E-state index contributed by atoms with van der Waals surface area (Å²) in [4.78, 5) is 26.9. The van der Waals surface area contributed by atoms with E-state index in [-0.39, 0.29) is 11.9 Å². The minimum atomic E-state index is -0.690. The molecule has 0 saturated carbocycles. The third-order valence-corrected chi connectivity index (χ3v) is 4.42. The van der Waals surface area contributed by atoms with Gasteiger partial charge in [0.1, 0.15) is 12.1 Å². The van der Waals surface area contributed by atoms with E-state index in [2.05, 4.69) is 0 Å². The molecule has 0 bridgehead atoms. The molecular weight excluding hydrogens is 276 g/mol. The fourth-order valence-electron chi connectivity index (χ4n) is 2.45. The summed E-state index contributed by atoms with van der Waals surface area (Å²) in [6, 6.07) is 2.54. The second kappa shape index (κ2) is 6.85. The molecule has 1 fully saturated rings. The van der Waals surface area contributed by atoms with Crippen LogP contribution in [0.5, 0.6) is 0 Å². The molecule has 1 aromatic heterocycles. The van der Waals surface area contributed by atoms with Crippen LogP contribution in [0.3, 0.4) is 0 Å². The molecule has 0 spiro atoms. The Balaban J connectivity index is 2.11. The zero-order valence-corrected chi connectivity index (χ0v) is 12.4. The summed E-state index contributed by atoms with van der Waals surface area (Å²) in [5.41, 5.74) is 6.02. The lowest BCUT2D eigenvalue weighted by Crippen LogP contribution is -2.51. The molecule has 2 unspecified atom stereocenters. The van der Waals surface area contributed by atoms with E-state index in [0.717, 1.165) is 17.7 Å². The highest BCUT2D eigenvalue weighted by molar-refractivity contribution is 7.10. The summed E-state index contributed by atoms with van der Waals surface area (Å²) < 4.78 is 5.06. The van der Waals surface area contributed by atoms with Crippen molar-refractivity contribution < 1.29 is 14.3 Å². The number of carbonyl (C=O) groups is 2. The Kier molecular flexibility index (Phi) is 5.14. The molecule has 1 aromatic rings. The van der Waals surface area contributed by atoms with E-state index in [0.29, 0.717) is 19.6 Å². The SMILES string of the molecule is CCOC(=O)C1CCCCN1C(=O)C(N)c1cccs1. The molecule has 0 aliphatic carbocycles. The fourth-order valence-corrected chi connectivity index (χ4v) is 3.17. The Labute approximate surface area is 122 Å². The molecule has 1 aliphatic rings. The molecule has 1 saturated heterocycles. The average molecular weight is 296 g/mol. The van der Waals surface area contributed by atoms with Gasteiger partial charge < -0.3 is 15.4 Å². The zero-order chi connectivity index (χ0) is 14.5. The van der Waals surface area contributed by atoms with Crippen molar-refractivity contribution in [1.82, 2.24) is 4.90 Å². The van der Waals surface area contributed by atoms with Gasteiger partial charge in [0.2, 0.25) is 5.91 Å². The predicted octanol–water partition coefficient (Wildman–Crippen LogP) is 1.69. The summed E-state index contributed by atoms with van der Waals surface area (Å²) in [7, 11) is 0. The van der Waals surface area contributed by atoms with Crippen LogP contribution >= 0.6 is 11.3 Å². The number of hydrogen-bond donors (Lipinski definition) is 1. The van der Waals surface area contributed by atoms with Gasteiger partial charge in [-0.15, -0.1) is 11.3 Å². The van der Waals surface area contributed by atoms with Crippen molar-refractivity contribution >= 4 is 23.2 Å². The van der Waals surface area contributed by atoms with Crippen LogP contribution in [-0.4, -0.2) is 36.0 Å². The van der Waals surface area contributed by atoms with Gasteiger partial charge in [-0.2, -0.15) is 0 Å². The summed E-state index contributed by atoms with van der Waals surface area (Å²) in [6.45, 7) is 2.67. The van der Waals surface area contributed by atoms with Gasteiger partial charge in [0.05, 0.1) is 6.61 Å². The van der Waals surface area contributed by atoms with Gasteiger partial charge in [-0.05, 0) is 37.6 Å². The molecule has 110 valence electrons. The molecule has 2 rings (SSSR count). The van der Waals surface area contributed by atoms with E-state index in [1.54, 1.807) is 11.8 Å². The van der Waals surface area contributed by atoms with Crippen LogP contribution < -0.4 is 5.73 Å². The maximum Gasteiger partial charge on any atom is 0.328 e. The maximum atomic E-state index is 12.5. The number of nitrogens with two attached hydrogens (primary N) is 1. The number of piperidine rings is 1. The Morgan fingerprint density at radius 1 is 1.55 bits per heavy atom. The lowest BCUT2D eigenvalue weighted by molar-refractivity contribution is -0.157. The molecule has 20 heavy (non-hydrogen) atoms. The average Bonchev–Trinajstić information content (AvgIpc) is 3.00. The Morgan fingerprint density at radius 3 is 3.00 bits per heavy atom. The summed E-state index contributed by atoms with van der Waals surface area (Å²) in [5.74, 6) is -0.510. The van der Waals surface area contributed by atoms with Gasteiger partial charge >= 0.3 is 5.97 Å². The van der Waals surface area contributed by atoms with Crippen LogP contribution in [0.4, 0.5) is 0 Å². The summed E-state index contributed by atoms with van der Waals surface area (Å²) in [5, 5.41) is 1.89. The molecular formula is C14H20N2O3S. The van der Waals surface area contributed by atoms with Gasteiger partial charge in [-0.3, -0.25) is 4.79 Å². The standard InChI is InChI=1S/C14H20N2O3S/c1-2-19-14(18)10-6-3-4-8-16(10)13(17)12(15)11-7-5-9-20-11/h5,7,9-10,12H,2-4,6,8,15H2,1H3. The van der Waals surface area contributed by atoms with Crippen molar-refractivity contribution in [2.24, 2.45) is 5.73 Å². The molecule has 2 atom stereocenters. The first-order chi connectivity index (χ1) is 9.65. The van der Waals surface area contributed by atoms with Gasteiger partial charge in [0.25, 0.3) is 0 Å². The van der Waals surface area contributed by atoms with Crippen LogP contribution in [0, 0.1) is 0 Å². The number of likely N-dealkylation sites (tertiary alicyclic amines) is 1. The quantitative estimate of drug-likeness (QED) is 0.858. The van der Waals surface area contributed by atoms with Crippen molar-refractivity contribution in [3.63, 3.8) is 0 Å². The van der Waals surface area contributed by atoms with Crippen LogP contribution in [0.1, 0.15) is 37.1 Å². The molecule has 1 aliphatic heterocycles. The van der Waals surface area contributed by atoms with Crippen LogP contribution in [0.25, 0.3) is 0 Å². The van der Waals surface area contributed by atoms with Crippen LogP contribution in [0.2, 0.25) is 0 Å². The summed E-state index contributed by atoms with van der Waals surface area (Å²) >= 11 is 1.45. The first-order valence-corrected chi connectivity index (χ1v) is 7.79. The van der Waals surface area contributed by atoms with Gasteiger partial charge in [-0.1, -0.05) is 6.07 Å². The minimum absolute atomic E-state index is 0.190. The Morgan fingerprint density at radius 2 is 2.35 bits per heavy atom. The highest BCUT2D eigenvalue weighted by Crippen LogP contribution is 2.24. The van der Waals surface area contributed by atoms with E-state index in [1.807, 2.05) is 17.5 Å². The number of nitrogens with zero attached hydrogens (tertiary/aromatic N) is 1. The van der Waals surface area contributed by atoms with E-state index in [1.165, 1.54) is 11.3 Å². The maximum absolute atomic E-state index is 12.5. The Hall–Kier alpha value is -1.40. The number of ether oxygens (including phenoxy) is 1. The lowest BCUT2D eigenvalue weighted by Gasteiger charge is -2.35. The van der Waals surface area contributed by atoms with Crippen molar-refractivity contribution in [2.45, 2.75) is 38.3 Å². The van der Waals surface area contributed by atoms with Gasteiger partial charge in [-0.25, -0.2) is 4.79 Å². The molecule has 1 amide bonds. The highest BCUT2D eigenvalue weighted by atomic mass is 32.1. The van der Waals surface area contributed by atoms with Gasteiger partial charge in [0, 0.05) is 11.4 Å². The number of hydrogen-bond acceptors (Lipinski definition) is 5. The van der Waals surface area contributed by atoms with Crippen molar-refractivity contribution in [3.05, 3.63) is 22.4 Å². The highest BCUT2D eigenvalue weighted by Gasteiger charge is 2.35. The van der Waals surface area contributed by atoms with Crippen molar-refractivity contribution in [3.8, 4) is 0 Å². The van der Waals surface area contributed by atoms with Crippen LogP contribution in [-0.2, 0) is 14.3 Å². The van der Waals surface area contributed by atoms with Crippen molar-refractivity contribution in [2.75, 3.05) is 13.2 Å². The second-order valence-electron chi connectivity index (χ2n) is 4.79. The normalized spacial score (nSPS) is 20.5. The fraction of sp³-hybridized carbons (Fsp3) is 0.571. The van der Waals surface area contributed by atoms with E-state index in [4.69, 9.17) is 10.5 Å². The predicted molar refractivity (Wildman–Crippen MR) is 77.2 cm³/mol. The number of rotatable bonds is 4. The van der Waals surface area contributed by atoms with E-state index >= 15 is 0 Å². The minimum Gasteiger partial charge on any atom is -0.464 e. The number of thiophene rings is 1. The smallest absolute Gasteiger partial charge is 0.328 e. The topological polar surface area (TPSA) is 72.6 Å². The van der Waals surface area contributed by atoms with Crippen LogP contribution in [0.15, 0.2) is 17.5 Å². The third-order valence-electron chi connectivity index (χ3n) is 3.46. The molecule has 2 N–H and O–H groups in total. The zero-order valence-electron chi connectivity index (χ0n) is 11.6. The Bertz CT molecular complexity index is 461. The number of esters is 1. The molecule has 0 aromatic carbocycles. The summed E-state index contributed by atoms with van der Waals surface area (Å²) in [6.07, 6.45) is 2.49. The number of amides is 1. The van der Waals surface area contributed by atoms with Gasteiger partial charge in [0.15, 0.2) is 0 Å². The number of carbonyl (C=O) groups excluding carboxylic acids is 2. The lowest BCUT2D eigenvalue weighted by atomic mass is 10.0.